The molecule has 0 bridgehead atoms. The number of hydrogen-bond donors (Lipinski definition) is 0. The third kappa shape index (κ3) is 13.4. The van der Waals surface area contributed by atoms with Gasteiger partial charge in [0.25, 0.3) is 0 Å². The van der Waals surface area contributed by atoms with Crippen LogP contribution in [-0.4, -0.2) is 12.1 Å². The first-order chi connectivity index (χ1) is 9.70. The molecule has 0 radical (unpaired) electrons. The number of unbranched alkanes of at least 4 members (excludes halogenated alkanes) is 6. The zero-order chi connectivity index (χ0) is 15.1. The molecule has 116 valence electrons. The van der Waals surface area contributed by atoms with Crippen molar-refractivity contribution in [1.29, 1.82) is 0 Å². The summed E-state index contributed by atoms with van der Waals surface area (Å²) in [6.07, 6.45) is 17.9. The van der Waals surface area contributed by atoms with E-state index in [1.807, 2.05) is 12.2 Å². The van der Waals surface area contributed by atoms with Gasteiger partial charge in [0.2, 0.25) is 0 Å². The fourth-order valence-corrected chi connectivity index (χ4v) is 2.29. The third-order valence-electron chi connectivity index (χ3n) is 3.38. The lowest BCUT2D eigenvalue weighted by molar-refractivity contribution is -0.147. The normalized spacial score (nSPS) is 12.5. The Bertz CT molecular complexity index is 269. The van der Waals surface area contributed by atoms with Crippen molar-refractivity contribution in [2.24, 2.45) is 0 Å². The van der Waals surface area contributed by atoms with Crippen molar-refractivity contribution in [2.45, 2.75) is 84.2 Å². The number of carbonyl (C=O) groups is 1. The molecular formula is C18H32O2. The number of hydrogen-bond acceptors (Lipinski definition) is 2. The van der Waals surface area contributed by atoms with Gasteiger partial charge in [0.1, 0.15) is 6.10 Å². The second-order valence-corrected chi connectivity index (χ2v) is 5.38. The van der Waals surface area contributed by atoms with Gasteiger partial charge in [-0.1, -0.05) is 63.8 Å². The fraction of sp³-hybridized carbons (Fsp3) is 0.722. The summed E-state index contributed by atoms with van der Waals surface area (Å²) >= 11 is 0. The first-order valence-corrected chi connectivity index (χ1v) is 8.15. The van der Waals surface area contributed by atoms with Crippen LogP contribution >= 0.6 is 0 Å². The lowest BCUT2D eigenvalue weighted by Crippen LogP contribution is -2.16. The average Bonchev–Trinajstić information content (AvgIpc) is 2.42. The molecule has 0 aromatic rings. The van der Waals surface area contributed by atoms with Crippen LogP contribution < -0.4 is 0 Å². The maximum absolute atomic E-state index is 11.0. The van der Waals surface area contributed by atoms with Gasteiger partial charge in [-0.2, -0.15) is 0 Å². The summed E-state index contributed by atoms with van der Waals surface area (Å²) in [5.74, 6) is -0.139. The Morgan fingerprint density at radius 3 is 2.40 bits per heavy atom. The van der Waals surface area contributed by atoms with Crippen LogP contribution in [0.5, 0.6) is 0 Å². The molecule has 0 aromatic carbocycles. The van der Waals surface area contributed by atoms with Crippen LogP contribution in [0, 0.1) is 0 Å². The summed E-state index contributed by atoms with van der Waals surface area (Å²) in [6.45, 7) is 7.34. The molecule has 1 atom stereocenters. The lowest BCUT2D eigenvalue weighted by atomic mass is 10.0. The van der Waals surface area contributed by atoms with E-state index in [2.05, 4.69) is 19.6 Å². The molecule has 0 saturated carbocycles. The molecule has 0 N–H and O–H groups in total. The van der Waals surface area contributed by atoms with Crippen LogP contribution in [0.1, 0.15) is 78.1 Å². The van der Waals surface area contributed by atoms with E-state index < -0.39 is 0 Å². The van der Waals surface area contributed by atoms with Crippen LogP contribution in [0.25, 0.3) is 0 Å². The summed E-state index contributed by atoms with van der Waals surface area (Å²) in [4.78, 5) is 11.0. The van der Waals surface area contributed by atoms with E-state index in [0.29, 0.717) is 0 Å². The summed E-state index contributed by atoms with van der Waals surface area (Å²) in [6, 6.07) is 0. The van der Waals surface area contributed by atoms with Gasteiger partial charge in [0.15, 0.2) is 0 Å². The Hall–Kier alpha value is -1.05. The largest absolute Gasteiger partial charge is 0.463 e. The fourth-order valence-electron chi connectivity index (χ4n) is 2.29. The van der Waals surface area contributed by atoms with Gasteiger partial charge in [-0.25, -0.2) is 0 Å². The highest BCUT2D eigenvalue weighted by Crippen LogP contribution is 2.15. The Kier molecular flexibility index (Phi) is 13.6. The van der Waals surface area contributed by atoms with Gasteiger partial charge in [-0.15, -0.1) is 0 Å². The average molecular weight is 280 g/mol. The number of rotatable bonds is 13. The van der Waals surface area contributed by atoms with Crippen molar-refractivity contribution in [2.75, 3.05) is 0 Å². The Morgan fingerprint density at radius 2 is 1.75 bits per heavy atom. The third-order valence-corrected chi connectivity index (χ3v) is 3.38. The van der Waals surface area contributed by atoms with Gasteiger partial charge in [0, 0.05) is 6.92 Å². The first-order valence-electron chi connectivity index (χ1n) is 8.15. The van der Waals surface area contributed by atoms with Gasteiger partial charge in [-0.3, -0.25) is 4.79 Å². The molecule has 0 spiro atoms. The number of carbonyl (C=O) groups excluding carboxylic acids is 1. The predicted octanol–water partition coefficient (Wildman–Crippen LogP) is 5.58. The highest BCUT2D eigenvalue weighted by molar-refractivity contribution is 5.66. The summed E-state index contributed by atoms with van der Waals surface area (Å²) < 4.78 is 5.37. The smallest absolute Gasteiger partial charge is 0.302 e. The molecule has 0 aliphatic rings. The van der Waals surface area contributed by atoms with Gasteiger partial charge >= 0.3 is 5.97 Å². The molecule has 2 nitrogen and oxygen atoms in total. The second kappa shape index (κ2) is 14.4. The zero-order valence-electron chi connectivity index (χ0n) is 13.4. The van der Waals surface area contributed by atoms with Crippen LogP contribution in [0.4, 0.5) is 0 Å². The number of allylic oxidation sites excluding steroid dienone is 3. The topological polar surface area (TPSA) is 26.3 Å². The molecule has 0 rings (SSSR count). The Morgan fingerprint density at radius 1 is 1.10 bits per heavy atom. The summed E-state index contributed by atoms with van der Waals surface area (Å²) in [7, 11) is 0. The molecule has 0 aromatic heterocycles. The molecule has 0 aliphatic carbocycles. The van der Waals surface area contributed by atoms with Crippen molar-refractivity contribution in [3.05, 3.63) is 24.8 Å². The summed E-state index contributed by atoms with van der Waals surface area (Å²) in [5.41, 5.74) is 0. The predicted molar refractivity (Wildman–Crippen MR) is 86.7 cm³/mol. The number of ether oxygens (including phenoxy) is 1. The van der Waals surface area contributed by atoms with Crippen LogP contribution in [0.3, 0.4) is 0 Å². The summed E-state index contributed by atoms with van der Waals surface area (Å²) in [5, 5.41) is 0. The molecule has 20 heavy (non-hydrogen) atoms. The van der Waals surface area contributed by atoms with Gasteiger partial charge in [-0.05, 0) is 32.1 Å². The van der Waals surface area contributed by atoms with E-state index in [4.69, 9.17) is 4.74 Å². The van der Waals surface area contributed by atoms with E-state index in [9.17, 15) is 4.79 Å². The minimum absolute atomic E-state index is 0.139. The van der Waals surface area contributed by atoms with Crippen molar-refractivity contribution >= 4 is 5.97 Å². The minimum Gasteiger partial charge on any atom is -0.463 e. The van der Waals surface area contributed by atoms with Gasteiger partial charge < -0.3 is 4.74 Å². The van der Waals surface area contributed by atoms with E-state index in [0.717, 1.165) is 32.1 Å². The SMILES string of the molecule is C=C/C=C/CCCCCCCC(CCCC)OC(C)=O. The molecule has 0 heterocycles. The monoisotopic (exact) mass is 280 g/mol. The molecule has 1 unspecified atom stereocenters. The van der Waals surface area contributed by atoms with Crippen LogP contribution in [0.2, 0.25) is 0 Å². The van der Waals surface area contributed by atoms with E-state index in [1.54, 1.807) is 0 Å². The van der Waals surface area contributed by atoms with E-state index >= 15 is 0 Å². The molecular weight excluding hydrogens is 248 g/mol. The van der Waals surface area contributed by atoms with Crippen molar-refractivity contribution < 1.29 is 9.53 Å². The standard InChI is InChI=1S/C18H32O2/c1-4-6-8-9-10-11-12-13-14-16-18(15-7-5-2)20-17(3)19/h4,6,8,18H,1,5,7,9-16H2,2-3H3/b8-6+. The first kappa shape index (κ1) is 18.9. The van der Waals surface area contributed by atoms with Crippen molar-refractivity contribution in [3.63, 3.8) is 0 Å². The van der Waals surface area contributed by atoms with E-state index in [1.165, 1.54) is 39.0 Å². The van der Waals surface area contributed by atoms with Crippen LogP contribution in [-0.2, 0) is 9.53 Å². The molecule has 0 fully saturated rings. The van der Waals surface area contributed by atoms with Gasteiger partial charge in [0.05, 0.1) is 0 Å². The molecule has 0 aliphatic heterocycles. The Labute approximate surface area is 125 Å². The number of esters is 1. The van der Waals surface area contributed by atoms with E-state index in [-0.39, 0.29) is 12.1 Å². The minimum atomic E-state index is -0.139. The quantitative estimate of drug-likeness (QED) is 0.250. The highest BCUT2D eigenvalue weighted by Gasteiger charge is 2.10. The van der Waals surface area contributed by atoms with Crippen molar-refractivity contribution in [1.82, 2.24) is 0 Å². The maximum Gasteiger partial charge on any atom is 0.302 e. The van der Waals surface area contributed by atoms with Crippen molar-refractivity contribution in [3.8, 4) is 0 Å². The lowest BCUT2D eigenvalue weighted by Gasteiger charge is -2.16. The zero-order valence-corrected chi connectivity index (χ0v) is 13.4. The second-order valence-electron chi connectivity index (χ2n) is 5.38. The highest BCUT2D eigenvalue weighted by atomic mass is 16.5. The molecule has 2 heteroatoms. The van der Waals surface area contributed by atoms with Crippen LogP contribution in [0.15, 0.2) is 24.8 Å². The Balaban J connectivity index is 3.54. The molecule has 0 saturated heterocycles. The maximum atomic E-state index is 11.0. The molecule has 0 amide bonds.